The number of sulfonamides is 1. The molecule has 4 N–H and O–H groups in total. The molecule has 1 amide bonds. The van der Waals surface area contributed by atoms with Crippen LogP contribution in [0.25, 0.3) is 0 Å². The Labute approximate surface area is 168 Å². The minimum Gasteiger partial charge on any atom is -0.446 e. The lowest BCUT2D eigenvalue weighted by molar-refractivity contribution is 0.0981. The largest absolute Gasteiger partial charge is 0.446 e. The maximum atomic E-state index is 11.8. The maximum absolute atomic E-state index is 11.8. The molecule has 1 saturated carbocycles. The lowest BCUT2D eigenvalue weighted by atomic mass is 10.0. The highest BCUT2D eigenvalue weighted by molar-refractivity contribution is 7.92. The molecular weight excluding hydrogens is 396 g/mol. The first-order chi connectivity index (χ1) is 13.8. The fourth-order valence-corrected chi connectivity index (χ4v) is 5.00. The zero-order valence-corrected chi connectivity index (χ0v) is 17.0. The van der Waals surface area contributed by atoms with Crippen molar-refractivity contribution in [1.29, 1.82) is 0 Å². The maximum Gasteiger partial charge on any atom is 0.407 e. The van der Waals surface area contributed by atoms with E-state index in [0.29, 0.717) is 22.8 Å². The summed E-state index contributed by atoms with van der Waals surface area (Å²) in [6, 6.07) is 1.94. The number of hydrogen-bond donors (Lipinski definition) is 4. The molecule has 0 radical (unpaired) electrons. The van der Waals surface area contributed by atoms with Gasteiger partial charge in [0.05, 0.1) is 29.5 Å². The standard InChI is InChI=1S/C18H24N6O4S/c1-10(2)20-18(25)28-12-4-3-11(5-12)14-6-17(23-22-14)21-15-7-19-8-16-13(15)9-29(26,27)24-16/h6-8,10-12,24H,3-5,9H2,1-2H3,(H,20,25)(H2,21,22,23)/t11-,12+/m0/s1. The van der Waals surface area contributed by atoms with Crippen LogP contribution in [0.4, 0.5) is 22.0 Å². The third kappa shape index (κ3) is 4.44. The Hall–Kier alpha value is -2.82. The average molecular weight is 420 g/mol. The minimum atomic E-state index is -3.36. The van der Waals surface area contributed by atoms with Gasteiger partial charge in [0.2, 0.25) is 10.0 Å². The number of anilines is 3. The second-order valence-electron chi connectivity index (χ2n) is 7.74. The number of ether oxygens (including phenoxy) is 1. The first kappa shape index (κ1) is 19.5. The van der Waals surface area contributed by atoms with Gasteiger partial charge < -0.3 is 15.4 Å². The first-order valence-electron chi connectivity index (χ1n) is 9.56. The van der Waals surface area contributed by atoms with Crippen molar-refractivity contribution >= 4 is 33.3 Å². The summed E-state index contributed by atoms with van der Waals surface area (Å²) < 4.78 is 31.6. The van der Waals surface area contributed by atoms with Crippen LogP contribution in [0.5, 0.6) is 0 Å². The van der Waals surface area contributed by atoms with E-state index in [9.17, 15) is 13.2 Å². The van der Waals surface area contributed by atoms with Crippen LogP contribution in [0.1, 0.15) is 50.3 Å². The number of pyridine rings is 1. The highest BCUT2D eigenvalue weighted by Gasteiger charge is 2.30. The summed E-state index contributed by atoms with van der Waals surface area (Å²) >= 11 is 0. The first-order valence-corrected chi connectivity index (χ1v) is 11.2. The van der Waals surface area contributed by atoms with E-state index in [-0.39, 0.29) is 29.9 Å². The van der Waals surface area contributed by atoms with Gasteiger partial charge >= 0.3 is 6.09 Å². The number of amides is 1. The van der Waals surface area contributed by atoms with Gasteiger partial charge in [-0.25, -0.2) is 13.2 Å². The van der Waals surface area contributed by atoms with E-state index < -0.39 is 10.0 Å². The number of nitrogens with one attached hydrogen (secondary N) is 4. The van der Waals surface area contributed by atoms with Gasteiger partial charge in [0.15, 0.2) is 5.82 Å². The number of rotatable bonds is 5. The normalized spacial score (nSPS) is 22.2. The summed E-state index contributed by atoms with van der Waals surface area (Å²) in [4.78, 5) is 15.9. The van der Waals surface area contributed by atoms with Crippen LogP contribution < -0.4 is 15.4 Å². The van der Waals surface area contributed by atoms with Crippen molar-refractivity contribution in [1.82, 2.24) is 20.5 Å². The smallest absolute Gasteiger partial charge is 0.407 e. The number of hydrogen-bond acceptors (Lipinski definition) is 7. The number of aromatic amines is 1. The topological polar surface area (TPSA) is 138 Å². The highest BCUT2D eigenvalue weighted by atomic mass is 32.2. The Bertz CT molecular complexity index is 1020. The van der Waals surface area contributed by atoms with Gasteiger partial charge in [0.25, 0.3) is 0 Å². The Kier molecular flexibility index (Phi) is 5.07. The van der Waals surface area contributed by atoms with Crippen molar-refractivity contribution in [3.63, 3.8) is 0 Å². The molecule has 0 bridgehead atoms. The Morgan fingerprint density at radius 3 is 2.93 bits per heavy atom. The van der Waals surface area contributed by atoms with Crippen LogP contribution >= 0.6 is 0 Å². The SMILES string of the molecule is CC(C)NC(=O)O[C@@H]1CC[C@H](c2cc(Nc3cncc4c3CS(=O)(=O)N4)n[nH]2)C1. The van der Waals surface area contributed by atoms with Crippen molar-refractivity contribution < 1.29 is 17.9 Å². The van der Waals surface area contributed by atoms with E-state index in [1.54, 1.807) is 6.20 Å². The number of H-pyrrole nitrogens is 1. The van der Waals surface area contributed by atoms with Crippen molar-refractivity contribution in [3.8, 4) is 0 Å². The van der Waals surface area contributed by atoms with Crippen LogP contribution in [-0.2, 0) is 20.5 Å². The third-order valence-electron chi connectivity index (χ3n) is 5.02. The average Bonchev–Trinajstić information content (AvgIpc) is 3.32. The van der Waals surface area contributed by atoms with Crippen molar-refractivity contribution in [2.45, 2.75) is 56.9 Å². The second-order valence-corrected chi connectivity index (χ2v) is 9.47. The lowest BCUT2D eigenvalue weighted by Crippen LogP contribution is -2.33. The van der Waals surface area contributed by atoms with E-state index in [0.717, 1.165) is 25.0 Å². The number of carbonyl (C=O) groups excluding carboxylic acids is 1. The number of alkyl carbamates (subject to hydrolysis) is 1. The number of fused-ring (bicyclic) bond motifs is 1. The fourth-order valence-electron chi connectivity index (χ4n) is 3.73. The lowest BCUT2D eigenvalue weighted by Gasteiger charge is -2.14. The Morgan fingerprint density at radius 1 is 1.31 bits per heavy atom. The molecule has 3 heterocycles. The number of carbonyl (C=O) groups is 1. The molecule has 1 fully saturated rings. The van der Waals surface area contributed by atoms with Crippen molar-refractivity contribution in [2.24, 2.45) is 0 Å². The van der Waals surface area contributed by atoms with Crippen LogP contribution in [0, 0.1) is 0 Å². The molecule has 1 aliphatic carbocycles. The number of nitrogens with zero attached hydrogens (tertiary/aromatic N) is 2. The number of aromatic nitrogens is 3. The molecule has 0 spiro atoms. The summed E-state index contributed by atoms with van der Waals surface area (Å²) in [6.07, 6.45) is 5.02. The minimum absolute atomic E-state index is 0.0417. The van der Waals surface area contributed by atoms with Crippen molar-refractivity contribution in [2.75, 3.05) is 10.0 Å². The molecule has 2 atom stereocenters. The summed E-state index contributed by atoms with van der Waals surface area (Å²) in [6.45, 7) is 3.78. The molecule has 0 unspecified atom stereocenters. The summed E-state index contributed by atoms with van der Waals surface area (Å²) in [5.74, 6) is 0.711. The third-order valence-corrected chi connectivity index (χ3v) is 6.22. The van der Waals surface area contributed by atoms with E-state index in [2.05, 4.69) is 30.5 Å². The Balaban J connectivity index is 1.39. The molecule has 0 saturated heterocycles. The van der Waals surface area contributed by atoms with Crippen LogP contribution in [-0.4, -0.2) is 41.8 Å². The van der Waals surface area contributed by atoms with Gasteiger partial charge in [-0.15, -0.1) is 0 Å². The predicted octanol–water partition coefficient (Wildman–Crippen LogP) is 2.57. The van der Waals surface area contributed by atoms with Crippen molar-refractivity contribution in [3.05, 3.63) is 29.7 Å². The molecule has 2 aromatic rings. The van der Waals surface area contributed by atoms with Crippen LogP contribution in [0.15, 0.2) is 18.5 Å². The predicted molar refractivity (Wildman–Crippen MR) is 107 cm³/mol. The van der Waals surface area contributed by atoms with E-state index in [4.69, 9.17) is 4.74 Å². The zero-order chi connectivity index (χ0) is 20.6. The Morgan fingerprint density at radius 2 is 2.14 bits per heavy atom. The zero-order valence-electron chi connectivity index (χ0n) is 16.2. The molecule has 1 aliphatic heterocycles. The highest BCUT2D eigenvalue weighted by Crippen LogP contribution is 2.37. The van der Waals surface area contributed by atoms with Gasteiger partial charge in [-0.1, -0.05) is 0 Å². The van der Waals surface area contributed by atoms with Gasteiger partial charge in [-0.2, -0.15) is 5.10 Å². The van der Waals surface area contributed by atoms with E-state index in [1.807, 2.05) is 19.9 Å². The molecular formula is C18H24N6O4S. The molecule has 10 nitrogen and oxygen atoms in total. The summed E-state index contributed by atoms with van der Waals surface area (Å²) in [5.41, 5.74) is 2.69. The monoisotopic (exact) mass is 420 g/mol. The quantitative estimate of drug-likeness (QED) is 0.583. The van der Waals surface area contributed by atoms with E-state index in [1.165, 1.54) is 6.20 Å². The molecule has 2 aromatic heterocycles. The second kappa shape index (κ2) is 7.54. The molecule has 0 aromatic carbocycles. The summed E-state index contributed by atoms with van der Waals surface area (Å²) in [7, 11) is -3.36. The molecule has 11 heteroatoms. The van der Waals surface area contributed by atoms with Crippen LogP contribution in [0.2, 0.25) is 0 Å². The van der Waals surface area contributed by atoms with Gasteiger partial charge in [-0.05, 0) is 33.1 Å². The molecule has 4 rings (SSSR count). The van der Waals surface area contributed by atoms with Gasteiger partial charge in [0.1, 0.15) is 6.10 Å². The molecule has 2 aliphatic rings. The van der Waals surface area contributed by atoms with Crippen LogP contribution in [0.3, 0.4) is 0 Å². The van der Waals surface area contributed by atoms with Gasteiger partial charge in [0, 0.05) is 29.3 Å². The fraction of sp³-hybridized carbons (Fsp3) is 0.500. The summed E-state index contributed by atoms with van der Waals surface area (Å²) in [5, 5.41) is 13.2. The van der Waals surface area contributed by atoms with E-state index >= 15 is 0 Å². The molecule has 156 valence electrons. The molecule has 29 heavy (non-hydrogen) atoms. The van der Waals surface area contributed by atoms with Gasteiger partial charge in [-0.3, -0.25) is 14.8 Å².